The average Bonchev–Trinajstić information content (AvgIpc) is 2.11. The van der Waals surface area contributed by atoms with Crippen LogP contribution in [-0.4, -0.2) is 45.4 Å². The highest BCUT2D eigenvalue weighted by Crippen LogP contribution is 2.13. The SMILES string of the molecule is CCC(O)(CC)CNS(=O)(=O)CS(C)(=O)=O. The fourth-order valence-corrected chi connectivity index (χ4v) is 4.14. The Hall–Kier alpha value is -0.180. The standard InChI is InChI=1S/C8H19NO5S2/c1-4-8(10,5-2)6-9-16(13,14)7-15(3,11)12/h9-10H,4-7H2,1-3H3. The number of hydrogen-bond donors (Lipinski definition) is 2. The molecule has 0 rings (SSSR count). The molecule has 16 heavy (non-hydrogen) atoms. The van der Waals surface area contributed by atoms with Gasteiger partial charge in [0.1, 0.15) is 0 Å². The Bertz CT molecular complexity index is 408. The van der Waals surface area contributed by atoms with E-state index in [0.29, 0.717) is 12.8 Å². The Kier molecular flexibility index (Phi) is 5.37. The van der Waals surface area contributed by atoms with Crippen molar-refractivity contribution < 1.29 is 21.9 Å². The zero-order valence-corrected chi connectivity index (χ0v) is 11.4. The molecule has 0 aliphatic carbocycles. The fourth-order valence-electron chi connectivity index (χ4n) is 1.07. The van der Waals surface area contributed by atoms with Crippen molar-refractivity contribution in [2.45, 2.75) is 32.3 Å². The summed E-state index contributed by atoms with van der Waals surface area (Å²) in [7, 11) is -7.49. The van der Waals surface area contributed by atoms with E-state index in [1.165, 1.54) is 0 Å². The molecule has 0 aromatic heterocycles. The highest BCUT2D eigenvalue weighted by Gasteiger charge is 2.26. The van der Waals surface area contributed by atoms with E-state index in [1.54, 1.807) is 13.8 Å². The van der Waals surface area contributed by atoms with Crippen LogP contribution < -0.4 is 4.72 Å². The van der Waals surface area contributed by atoms with Gasteiger partial charge in [-0.15, -0.1) is 0 Å². The lowest BCUT2D eigenvalue weighted by Gasteiger charge is -2.25. The van der Waals surface area contributed by atoms with Crippen LogP contribution >= 0.6 is 0 Å². The van der Waals surface area contributed by atoms with Crippen LogP contribution in [0.5, 0.6) is 0 Å². The first-order valence-corrected chi connectivity index (χ1v) is 8.62. The Morgan fingerprint density at radius 1 is 1.12 bits per heavy atom. The summed E-state index contributed by atoms with van der Waals surface area (Å²) in [4.78, 5) is 0. The van der Waals surface area contributed by atoms with Gasteiger partial charge in [0.2, 0.25) is 10.0 Å². The van der Waals surface area contributed by atoms with Crippen LogP contribution in [0.2, 0.25) is 0 Å². The molecule has 0 atom stereocenters. The van der Waals surface area contributed by atoms with Crippen LogP contribution in [0, 0.1) is 0 Å². The number of sulfonamides is 1. The summed E-state index contributed by atoms with van der Waals surface area (Å²) in [6, 6.07) is 0. The molecule has 6 nitrogen and oxygen atoms in total. The lowest BCUT2D eigenvalue weighted by molar-refractivity contribution is 0.0377. The first kappa shape index (κ1) is 15.8. The molecule has 0 unspecified atom stereocenters. The Morgan fingerprint density at radius 3 is 1.88 bits per heavy atom. The molecule has 0 aromatic carbocycles. The van der Waals surface area contributed by atoms with E-state index in [2.05, 4.69) is 4.72 Å². The molecule has 0 bridgehead atoms. The predicted octanol–water partition coefficient (Wildman–Crippen LogP) is -0.541. The maximum Gasteiger partial charge on any atom is 0.226 e. The molecule has 0 aliphatic heterocycles. The largest absolute Gasteiger partial charge is 0.389 e. The summed E-state index contributed by atoms with van der Waals surface area (Å²) in [6.45, 7) is 3.29. The minimum atomic E-state index is -3.89. The first-order chi connectivity index (χ1) is 7.04. The number of hydrogen-bond acceptors (Lipinski definition) is 5. The predicted molar refractivity (Wildman–Crippen MR) is 62.2 cm³/mol. The van der Waals surface area contributed by atoms with Gasteiger partial charge in [-0.3, -0.25) is 0 Å². The molecule has 0 radical (unpaired) electrons. The molecule has 98 valence electrons. The highest BCUT2D eigenvalue weighted by atomic mass is 32.3. The Morgan fingerprint density at radius 2 is 1.56 bits per heavy atom. The van der Waals surface area contributed by atoms with E-state index in [-0.39, 0.29) is 6.54 Å². The molecule has 0 aliphatic rings. The minimum Gasteiger partial charge on any atom is -0.389 e. The van der Waals surface area contributed by atoms with Crippen LogP contribution in [-0.2, 0) is 19.9 Å². The molecule has 0 fully saturated rings. The number of aliphatic hydroxyl groups is 1. The average molecular weight is 273 g/mol. The fraction of sp³-hybridized carbons (Fsp3) is 1.00. The van der Waals surface area contributed by atoms with Crippen molar-refractivity contribution in [1.29, 1.82) is 0 Å². The van der Waals surface area contributed by atoms with Gasteiger partial charge < -0.3 is 5.11 Å². The second-order valence-electron chi connectivity index (χ2n) is 3.91. The number of rotatable bonds is 7. The molecule has 0 amide bonds. The van der Waals surface area contributed by atoms with Crippen LogP contribution in [0.15, 0.2) is 0 Å². The first-order valence-electron chi connectivity index (χ1n) is 4.91. The second-order valence-corrected chi connectivity index (χ2v) is 8.22. The molecule has 8 heteroatoms. The number of nitrogens with one attached hydrogen (secondary N) is 1. The Labute approximate surface area is 97.0 Å². The van der Waals surface area contributed by atoms with Gasteiger partial charge in [-0.2, -0.15) is 0 Å². The van der Waals surface area contributed by atoms with Gasteiger partial charge in [-0.05, 0) is 12.8 Å². The third-order valence-corrected chi connectivity index (χ3v) is 5.84. The van der Waals surface area contributed by atoms with E-state index < -0.39 is 30.5 Å². The molecule has 0 spiro atoms. The summed E-state index contributed by atoms with van der Waals surface area (Å²) in [5, 5.41) is 8.86. The van der Waals surface area contributed by atoms with Crippen molar-refractivity contribution in [2.24, 2.45) is 0 Å². The Balaban J connectivity index is 4.53. The monoisotopic (exact) mass is 273 g/mol. The maximum atomic E-state index is 11.3. The second kappa shape index (κ2) is 5.44. The lowest BCUT2D eigenvalue weighted by atomic mass is 9.98. The van der Waals surface area contributed by atoms with Crippen molar-refractivity contribution >= 4 is 19.9 Å². The van der Waals surface area contributed by atoms with Crippen LogP contribution in [0.4, 0.5) is 0 Å². The minimum absolute atomic E-state index is 0.169. The zero-order chi connectivity index (χ0) is 13.0. The molecule has 0 saturated carbocycles. The summed E-state index contributed by atoms with van der Waals surface area (Å²) < 4.78 is 46.4. The van der Waals surface area contributed by atoms with Crippen molar-refractivity contribution in [3.8, 4) is 0 Å². The molecule has 0 saturated heterocycles. The van der Waals surface area contributed by atoms with Gasteiger partial charge in [-0.1, -0.05) is 13.8 Å². The summed E-state index contributed by atoms with van der Waals surface area (Å²) in [5.41, 5.74) is -1.12. The van der Waals surface area contributed by atoms with E-state index in [1.807, 2.05) is 0 Å². The van der Waals surface area contributed by atoms with Gasteiger partial charge in [0.05, 0.1) is 5.60 Å². The molecule has 0 heterocycles. The number of sulfone groups is 1. The lowest BCUT2D eigenvalue weighted by Crippen LogP contribution is -2.43. The quantitative estimate of drug-likeness (QED) is 0.649. The van der Waals surface area contributed by atoms with Crippen molar-refractivity contribution in [1.82, 2.24) is 4.72 Å². The highest BCUT2D eigenvalue weighted by molar-refractivity contribution is 8.06. The molecule has 2 N–H and O–H groups in total. The maximum absolute atomic E-state index is 11.3. The van der Waals surface area contributed by atoms with E-state index in [0.717, 1.165) is 6.26 Å². The normalized spacial score (nSPS) is 14.0. The van der Waals surface area contributed by atoms with Gasteiger partial charge in [0.15, 0.2) is 14.9 Å². The van der Waals surface area contributed by atoms with E-state index >= 15 is 0 Å². The molecule has 0 aromatic rings. The van der Waals surface area contributed by atoms with Gasteiger partial charge in [0, 0.05) is 12.8 Å². The summed E-state index contributed by atoms with van der Waals surface area (Å²) >= 11 is 0. The van der Waals surface area contributed by atoms with Crippen molar-refractivity contribution in [3.63, 3.8) is 0 Å². The third-order valence-electron chi connectivity index (χ3n) is 2.31. The van der Waals surface area contributed by atoms with Crippen molar-refractivity contribution in [3.05, 3.63) is 0 Å². The van der Waals surface area contributed by atoms with Gasteiger partial charge >= 0.3 is 0 Å². The van der Waals surface area contributed by atoms with Crippen LogP contribution in [0.3, 0.4) is 0 Å². The third kappa shape index (κ3) is 6.41. The van der Waals surface area contributed by atoms with Gasteiger partial charge in [0.25, 0.3) is 0 Å². The van der Waals surface area contributed by atoms with Crippen LogP contribution in [0.1, 0.15) is 26.7 Å². The van der Waals surface area contributed by atoms with E-state index in [4.69, 9.17) is 0 Å². The molecular formula is C8H19NO5S2. The van der Waals surface area contributed by atoms with E-state index in [9.17, 15) is 21.9 Å². The summed E-state index contributed by atoms with van der Waals surface area (Å²) in [6.07, 6.45) is 1.63. The smallest absolute Gasteiger partial charge is 0.226 e. The zero-order valence-electron chi connectivity index (χ0n) is 9.73. The van der Waals surface area contributed by atoms with Crippen LogP contribution in [0.25, 0.3) is 0 Å². The topological polar surface area (TPSA) is 101 Å². The molecular weight excluding hydrogens is 254 g/mol. The van der Waals surface area contributed by atoms with Crippen molar-refractivity contribution in [2.75, 3.05) is 17.9 Å². The summed E-state index contributed by atoms with van der Waals surface area (Å²) in [5.74, 6) is 0. The van der Waals surface area contributed by atoms with Gasteiger partial charge in [-0.25, -0.2) is 21.6 Å².